The Morgan fingerprint density at radius 2 is 1.76 bits per heavy atom. The van der Waals surface area contributed by atoms with Gasteiger partial charge in [0.05, 0.1) is 0 Å². The lowest BCUT2D eigenvalue weighted by Gasteiger charge is -2.19. The van der Waals surface area contributed by atoms with E-state index in [0.29, 0.717) is 5.75 Å². The third-order valence-corrected chi connectivity index (χ3v) is 2.87. The number of phenolic OH excluding ortho intramolecular Hbond substituents is 1. The Morgan fingerprint density at radius 1 is 1.18 bits per heavy atom. The summed E-state index contributed by atoms with van der Waals surface area (Å²) in [6.45, 7) is 0. The van der Waals surface area contributed by atoms with Gasteiger partial charge in [0.1, 0.15) is 5.75 Å². The van der Waals surface area contributed by atoms with E-state index in [9.17, 15) is 4.79 Å². The maximum absolute atomic E-state index is 10.9. The molecule has 1 fully saturated rings. The van der Waals surface area contributed by atoms with Crippen LogP contribution in [-0.4, -0.2) is 11.0 Å². The summed E-state index contributed by atoms with van der Waals surface area (Å²) in [6, 6.07) is 8.71. The summed E-state index contributed by atoms with van der Waals surface area (Å²) in [7, 11) is 0. The summed E-state index contributed by atoms with van der Waals surface area (Å²) in [5.74, 6) is 5.53. The lowest BCUT2D eigenvalue weighted by Crippen LogP contribution is -2.36. The molecule has 4 heteroatoms. The zero-order valence-corrected chi connectivity index (χ0v) is 9.93. The van der Waals surface area contributed by atoms with Gasteiger partial charge in [0, 0.05) is 5.92 Å². The van der Waals surface area contributed by atoms with Crippen LogP contribution in [0.3, 0.4) is 0 Å². The Bertz CT molecular complexity index is 321. The predicted molar refractivity (Wildman–Crippen MR) is 67.0 cm³/mol. The standard InChI is InChI=1S/C7H14N2O.C6H6O/c8-9-7(10)6-4-2-1-3-5-6;7-6-4-2-1-3-5-6/h6H,1-5,8H2,(H,9,10);1-5,7H. The molecule has 17 heavy (non-hydrogen) atoms. The first kappa shape index (κ1) is 13.5. The number of nitrogens with two attached hydrogens (primary N) is 1. The Morgan fingerprint density at radius 3 is 2.18 bits per heavy atom. The Balaban J connectivity index is 0.000000181. The molecule has 0 aliphatic heterocycles. The van der Waals surface area contributed by atoms with E-state index in [0.717, 1.165) is 12.8 Å². The molecule has 0 atom stereocenters. The number of carbonyl (C=O) groups excluding carboxylic acids is 1. The number of hydrogen-bond acceptors (Lipinski definition) is 3. The summed E-state index contributed by atoms with van der Waals surface area (Å²) < 4.78 is 0. The van der Waals surface area contributed by atoms with Crippen molar-refractivity contribution in [2.45, 2.75) is 32.1 Å². The van der Waals surface area contributed by atoms with E-state index >= 15 is 0 Å². The molecule has 0 saturated heterocycles. The number of carbonyl (C=O) groups is 1. The minimum absolute atomic E-state index is 0.0136. The second kappa shape index (κ2) is 7.68. The highest BCUT2D eigenvalue weighted by Gasteiger charge is 2.19. The SMILES string of the molecule is NNC(=O)C1CCCCC1.Oc1ccccc1. The van der Waals surface area contributed by atoms with Crippen LogP contribution in [0.5, 0.6) is 5.75 Å². The number of nitrogens with one attached hydrogen (secondary N) is 1. The number of hydrazine groups is 1. The highest BCUT2D eigenvalue weighted by Crippen LogP contribution is 2.23. The van der Waals surface area contributed by atoms with E-state index in [4.69, 9.17) is 10.9 Å². The van der Waals surface area contributed by atoms with Gasteiger partial charge < -0.3 is 5.11 Å². The predicted octanol–water partition coefficient (Wildman–Crippen LogP) is 1.95. The van der Waals surface area contributed by atoms with E-state index in [1.54, 1.807) is 24.3 Å². The molecule has 0 aromatic heterocycles. The third-order valence-electron chi connectivity index (χ3n) is 2.87. The van der Waals surface area contributed by atoms with Gasteiger partial charge >= 0.3 is 0 Å². The van der Waals surface area contributed by atoms with Gasteiger partial charge in [-0.05, 0) is 25.0 Å². The lowest BCUT2D eigenvalue weighted by atomic mass is 9.89. The summed E-state index contributed by atoms with van der Waals surface area (Å²) in [4.78, 5) is 10.9. The van der Waals surface area contributed by atoms with E-state index in [-0.39, 0.29) is 11.8 Å². The van der Waals surface area contributed by atoms with Crippen LogP contribution in [0, 0.1) is 5.92 Å². The van der Waals surface area contributed by atoms with Crippen LogP contribution < -0.4 is 11.3 Å². The van der Waals surface area contributed by atoms with Crippen molar-refractivity contribution in [2.75, 3.05) is 0 Å². The van der Waals surface area contributed by atoms with Gasteiger partial charge in [0.25, 0.3) is 0 Å². The molecule has 4 N–H and O–H groups in total. The molecule has 0 bridgehead atoms. The van der Waals surface area contributed by atoms with Gasteiger partial charge in [0.15, 0.2) is 0 Å². The Labute approximate surface area is 102 Å². The third kappa shape index (κ3) is 5.36. The zero-order valence-electron chi connectivity index (χ0n) is 9.93. The number of para-hydroxylation sites is 1. The molecule has 1 aliphatic carbocycles. The van der Waals surface area contributed by atoms with Crippen molar-refractivity contribution in [3.63, 3.8) is 0 Å². The monoisotopic (exact) mass is 236 g/mol. The molecule has 2 rings (SSSR count). The number of phenols is 1. The van der Waals surface area contributed by atoms with Crippen LogP contribution in [0.25, 0.3) is 0 Å². The molecular formula is C13H20N2O2. The van der Waals surface area contributed by atoms with E-state index in [1.807, 2.05) is 6.07 Å². The topological polar surface area (TPSA) is 75.3 Å². The fraction of sp³-hybridized carbons (Fsp3) is 0.462. The first-order chi connectivity index (χ1) is 8.24. The van der Waals surface area contributed by atoms with Crippen LogP contribution in [0.4, 0.5) is 0 Å². The second-order valence-corrected chi connectivity index (χ2v) is 4.18. The molecule has 0 unspecified atom stereocenters. The summed E-state index contributed by atoms with van der Waals surface area (Å²) in [6.07, 6.45) is 5.66. The van der Waals surface area contributed by atoms with E-state index in [1.165, 1.54) is 19.3 Å². The molecular weight excluding hydrogens is 216 g/mol. The number of aromatic hydroxyl groups is 1. The number of rotatable bonds is 1. The summed E-state index contributed by atoms with van der Waals surface area (Å²) in [5, 5.41) is 8.63. The van der Waals surface area contributed by atoms with Gasteiger partial charge in [-0.15, -0.1) is 0 Å². The Hall–Kier alpha value is -1.55. The zero-order chi connectivity index (χ0) is 12.5. The highest BCUT2D eigenvalue weighted by molar-refractivity contribution is 5.77. The van der Waals surface area contributed by atoms with E-state index < -0.39 is 0 Å². The van der Waals surface area contributed by atoms with Crippen molar-refractivity contribution in [1.82, 2.24) is 5.43 Å². The van der Waals surface area contributed by atoms with Crippen molar-refractivity contribution < 1.29 is 9.90 Å². The van der Waals surface area contributed by atoms with Crippen LogP contribution in [0.2, 0.25) is 0 Å². The summed E-state index contributed by atoms with van der Waals surface area (Å²) in [5.41, 5.74) is 2.20. The smallest absolute Gasteiger partial charge is 0.236 e. The molecule has 94 valence electrons. The van der Waals surface area contributed by atoms with Crippen LogP contribution in [-0.2, 0) is 4.79 Å². The van der Waals surface area contributed by atoms with Gasteiger partial charge in [-0.2, -0.15) is 0 Å². The van der Waals surface area contributed by atoms with Crippen molar-refractivity contribution in [3.05, 3.63) is 30.3 Å². The molecule has 1 aromatic rings. The molecule has 1 amide bonds. The van der Waals surface area contributed by atoms with Crippen LogP contribution in [0.1, 0.15) is 32.1 Å². The first-order valence-electron chi connectivity index (χ1n) is 5.98. The van der Waals surface area contributed by atoms with Gasteiger partial charge in [-0.1, -0.05) is 37.5 Å². The van der Waals surface area contributed by atoms with Crippen molar-refractivity contribution >= 4 is 5.91 Å². The maximum Gasteiger partial charge on any atom is 0.236 e. The van der Waals surface area contributed by atoms with Gasteiger partial charge in [0.2, 0.25) is 5.91 Å². The summed E-state index contributed by atoms with van der Waals surface area (Å²) >= 11 is 0. The van der Waals surface area contributed by atoms with Crippen LogP contribution >= 0.6 is 0 Å². The fourth-order valence-corrected chi connectivity index (χ4v) is 1.91. The average Bonchev–Trinajstić information content (AvgIpc) is 2.40. The largest absolute Gasteiger partial charge is 0.508 e. The fourth-order valence-electron chi connectivity index (χ4n) is 1.91. The molecule has 1 aliphatic rings. The Kier molecular flexibility index (Phi) is 6.10. The second-order valence-electron chi connectivity index (χ2n) is 4.18. The molecule has 1 saturated carbocycles. The quantitative estimate of drug-likeness (QED) is 0.396. The van der Waals surface area contributed by atoms with Gasteiger partial charge in [-0.3, -0.25) is 10.2 Å². The minimum Gasteiger partial charge on any atom is -0.508 e. The molecule has 0 radical (unpaired) electrons. The van der Waals surface area contributed by atoms with Crippen molar-refractivity contribution in [2.24, 2.45) is 11.8 Å². The number of benzene rings is 1. The maximum atomic E-state index is 10.9. The molecule has 4 nitrogen and oxygen atoms in total. The minimum atomic E-state index is 0.0136. The molecule has 0 heterocycles. The van der Waals surface area contributed by atoms with Crippen LogP contribution in [0.15, 0.2) is 30.3 Å². The molecule has 1 aromatic carbocycles. The normalized spacial score (nSPS) is 15.6. The lowest BCUT2D eigenvalue weighted by molar-refractivity contribution is -0.125. The van der Waals surface area contributed by atoms with E-state index in [2.05, 4.69) is 5.43 Å². The number of amides is 1. The number of hydrogen-bond donors (Lipinski definition) is 3. The first-order valence-corrected chi connectivity index (χ1v) is 5.98. The highest BCUT2D eigenvalue weighted by atomic mass is 16.3. The van der Waals surface area contributed by atoms with Crippen molar-refractivity contribution in [1.29, 1.82) is 0 Å². The van der Waals surface area contributed by atoms with Gasteiger partial charge in [-0.25, -0.2) is 5.84 Å². The average molecular weight is 236 g/mol. The van der Waals surface area contributed by atoms with Crippen molar-refractivity contribution in [3.8, 4) is 5.75 Å². The molecule has 0 spiro atoms.